The van der Waals surface area contributed by atoms with Crippen molar-refractivity contribution in [3.8, 4) is 45.5 Å². The van der Waals surface area contributed by atoms with Crippen LogP contribution in [0.5, 0.6) is 11.5 Å². The van der Waals surface area contributed by atoms with Crippen LogP contribution in [0.4, 0.5) is 0 Å². The minimum atomic E-state index is 0.120. The van der Waals surface area contributed by atoms with Crippen molar-refractivity contribution in [1.29, 1.82) is 5.26 Å². The van der Waals surface area contributed by atoms with E-state index in [1.807, 2.05) is 60.7 Å². The van der Waals surface area contributed by atoms with Crippen LogP contribution in [0.1, 0.15) is 5.56 Å². The fourth-order valence-electron chi connectivity index (χ4n) is 6.42. The van der Waals surface area contributed by atoms with E-state index in [9.17, 15) is 5.26 Å². The lowest BCUT2D eigenvalue weighted by atomic mass is 9.96. The second-order valence-corrected chi connectivity index (χ2v) is 10.8. The van der Waals surface area contributed by atoms with Gasteiger partial charge in [0.05, 0.1) is 22.7 Å². The Morgan fingerprint density at radius 3 is 2.26 bits per heavy atom. The normalized spacial score (nSPS) is 12.4. The number of benzene rings is 6. The number of furan rings is 1. The molecule has 0 bridgehead atoms. The molecule has 1 aliphatic rings. The lowest BCUT2D eigenvalue weighted by Gasteiger charge is -2.13. The van der Waals surface area contributed by atoms with Gasteiger partial charge in [0.2, 0.25) is 6.79 Å². The van der Waals surface area contributed by atoms with E-state index in [2.05, 4.69) is 71.3 Å². The van der Waals surface area contributed by atoms with Crippen LogP contribution < -0.4 is 9.47 Å². The van der Waals surface area contributed by atoms with E-state index in [4.69, 9.17) is 13.9 Å². The highest BCUT2D eigenvalue weighted by Crippen LogP contribution is 2.43. The smallest absolute Gasteiger partial charge is 0.230 e. The lowest BCUT2D eigenvalue weighted by Crippen LogP contribution is -2.04. The van der Waals surface area contributed by atoms with Crippen LogP contribution in [-0.2, 0) is 0 Å². The average Bonchev–Trinajstić information content (AvgIpc) is 3.53. The second kappa shape index (κ2) is 9.01. The van der Waals surface area contributed by atoms with Gasteiger partial charge in [-0.2, -0.15) is 5.26 Å². The number of hydrogen-bond acceptors (Lipinski definition) is 4. The van der Waals surface area contributed by atoms with Gasteiger partial charge in [0.25, 0.3) is 0 Å². The molecule has 0 fully saturated rings. The van der Waals surface area contributed by atoms with Crippen molar-refractivity contribution in [2.24, 2.45) is 0 Å². The Morgan fingerprint density at radius 1 is 0.558 bits per heavy atom. The SMILES string of the molecule is N#Cc1ccc2c(c1)c1ccccc1n2-c1ccc2c(c1)OCOc1ccc(-c3ccc4oc5ccccc5c4c3)cc1-2. The topological polar surface area (TPSA) is 60.3 Å². The third-order valence-electron chi connectivity index (χ3n) is 8.43. The Bertz CT molecular complexity index is 2460. The summed E-state index contributed by atoms with van der Waals surface area (Å²) >= 11 is 0. The first-order valence-electron chi connectivity index (χ1n) is 14.1. The first kappa shape index (κ1) is 23.7. The summed E-state index contributed by atoms with van der Waals surface area (Å²) < 4.78 is 20.5. The molecule has 5 nitrogen and oxygen atoms in total. The molecular formula is C38H22N2O3. The summed E-state index contributed by atoms with van der Waals surface area (Å²) in [7, 11) is 0. The maximum Gasteiger partial charge on any atom is 0.230 e. The average molecular weight is 555 g/mol. The molecule has 2 aromatic heterocycles. The summed E-state index contributed by atoms with van der Waals surface area (Å²) in [6, 6.07) is 43.5. The molecule has 0 aliphatic carbocycles. The predicted octanol–water partition coefficient (Wildman–Crippen LogP) is 9.62. The summed E-state index contributed by atoms with van der Waals surface area (Å²) in [5, 5.41) is 13.9. The van der Waals surface area contributed by atoms with Gasteiger partial charge in [0.1, 0.15) is 22.7 Å². The molecule has 9 rings (SSSR count). The molecule has 0 radical (unpaired) electrons. The first-order chi connectivity index (χ1) is 21.2. The van der Waals surface area contributed by atoms with Gasteiger partial charge in [-0.3, -0.25) is 0 Å². The van der Waals surface area contributed by atoms with Crippen LogP contribution >= 0.6 is 0 Å². The predicted molar refractivity (Wildman–Crippen MR) is 170 cm³/mol. The van der Waals surface area contributed by atoms with Gasteiger partial charge in [-0.1, -0.05) is 48.5 Å². The van der Waals surface area contributed by atoms with E-state index < -0.39 is 0 Å². The summed E-state index contributed by atoms with van der Waals surface area (Å²) in [6.45, 7) is 0.120. The van der Waals surface area contributed by atoms with Gasteiger partial charge in [-0.05, 0) is 77.9 Å². The van der Waals surface area contributed by atoms with Crippen LogP contribution in [0.25, 0.3) is 71.7 Å². The maximum atomic E-state index is 9.51. The van der Waals surface area contributed by atoms with E-state index in [-0.39, 0.29) is 6.79 Å². The molecule has 3 heterocycles. The molecule has 8 aromatic rings. The number of ether oxygens (including phenoxy) is 2. The number of aromatic nitrogens is 1. The summed E-state index contributed by atoms with van der Waals surface area (Å²) in [5.74, 6) is 1.54. The Morgan fingerprint density at radius 2 is 1.33 bits per heavy atom. The van der Waals surface area contributed by atoms with Crippen LogP contribution in [-0.4, -0.2) is 11.4 Å². The Balaban J connectivity index is 1.19. The van der Waals surface area contributed by atoms with Crippen molar-refractivity contribution in [3.63, 3.8) is 0 Å². The Hall–Kier alpha value is -5.99. The van der Waals surface area contributed by atoms with E-state index in [0.717, 1.165) is 83.2 Å². The monoisotopic (exact) mass is 554 g/mol. The summed E-state index contributed by atoms with van der Waals surface area (Å²) in [6.07, 6.45) is 0. The zero-order chi connectivity index (χ0) is 28.5. The molecule has 6 aromatic carbocycles. The van der Waals surface area contributed by atoms with E-state index in [1.54, 1.807) is 0 Å². The van der Waals surface area contributed by atoms with Gasteiger partial charge >= 0.3 is 0 Å². The zero-order valence-electron chi connectivity index (χ0n) is 22.9. The highest BCUT2D eigenvalue weighted by molar-refractivity contribution is 6.10. The lowest BCUT2D eigenvalue weighted by molar-refractivity contribution is 0.125. The fourth-order valence-corrected chi connectivity index (χ4v) is 6.42. The minimum Gasteiger partial charge on any atom is -0.457 e. The molecule has 0 saturated carbocycles. The van der Waals surface area contributed by atoms with Crippen LogP contribution in [0.15, 0.2) is 126 Å². The zero-order valence-corrected chi connectivity index (χ0v) is 22.9. The number of rotatable bonds is 2. The van der Waals surface area contributed by atoms with E-state index in [0.29, 0.717) is 5.56 Å². The Labute approximate surface area is 246 Å². The molecule has 0 N–H and O–H groups in total. The van der Waals surface area contributed by atoms with Gasteiger partial charge in [-0.25, -0.2) is 0 Å². The van der Waals surface area contributed by atoms with Crippen molar-refractivity contribution in [2.45, 2.75) is 0 Å². The molecule has 0 atom stereocenters. The van der Waals surface area contributed by atoms with Crippen LogP contribution in [0.3, 0.4) is 0 Å². The summed E-state index contributed by atoms with van der Waals surface area (Å²) in [4.78, 5) is 0. The molecule has 0 saturated heterocycles. The van der Waals surface area contributed by atoms with Crippen LogP contribution in [0.2, 0.25) is 0 Å². The minimum absolute atomic E-state index is 0.120. The van der Waals surface area contributed by atoms with Crippen molar-refractivity contribution in [1.82, 2.24) is 4.57 Å². The standard InChI is InChI=1S/C38H22N2O3/c39-21-23-9-14-34-30(17-23)27-5-1-3-7-33(27)40(34)26-12-13-29-31-18-24(10-15-35(31)41-22-42-38(29)20-26)25-11-16-37-32(19-25)28-6-2-4-8-36(28)43-37/h1-20H,22H2. The Kier molecular flexibility index (Phi) is 4.96. The van der Waals surface area contributed by atoms with Crippen LogP contribution in [0, 0.1) is 11.3 Å². The number of nitrogens with zero attached hydrogens (tertiary/aromatic N) is 2. The maximum absolute atomic E-state index is 9.51. The molecule has 202 valence electrons. The molecule has 43 heavy (non-hydrogen) atoms. The van der Waals surface area contributed by atoms with Gasteiger partial charge in [-0.15, -0.1) is 0 Å². The van der Waals surface area contributed by atoms with E-state index >= 15 is 0 Å². The quantitative estimate of drug-likeness (QED) is 0.213. The number of hydrogen-bond donors (Lipinski definition) is 0. The largest absolute Gasteiger partial charge is 0.457 e. The molecule has 1 aliphatic heterocycles. The number of nitriles is 1. The highest BCUT2D eigenvalue weighted by Gasteiger charge is 2.20. The van der Waals surface area contributed by atoms with Crippen molar-refractivity contribution < 1.29 is 13.9 Å². The third kappa shape index (κ3) is 3.57. The highest BCUT2D eigenvalue weighted by atomic mass is 16.7. The second-order valence-electron chi connectivity index (χ2n) is 10.8. The molecular weight excluding hydrogens is 532 g/mol. The summed E-state index contributed by atoms with van der Waals surface area (Å²) in [5.41, 5.74) is 9.64. The fraction of sp³-hybridized carbons (Fsp3) is 0.0263. The first-order valence-corrected chi connectivity index (χ1v) is 14.1. The third-order valence-corrected chi connectivity index (χ3v) is 8.43. The van der Waals surface area contributed by atoms with Crippen molar-refractivity contribution in [3.05, 3.63) is 127 Å². The molecule has 5 heteroatoms. The molecule has 0 spiro atoms. The van der Waals surface area contributed by atoms with Gasteiger partial charge < -0.3 is 18.5 Å². The molecule has 0 unspecified atom stereocenters. The molecule has 0 amide bonds. The van der Waals surface area contributed by atoms with Gasteiger partial charge in [0, 0.05) is 44.4 Å². The van der Waals surface area contributed by atoms with Crippen molar-refractivity contribution in [2.75, 3.05) is 6.79 Å². The van der Waals surface area contributed by atoms with Crippen molar-refractivity contribution >= 4 is 43.7 Å². The number of para-hydroxylation sites is 2. The van der Waals surface area contributed by atoms with Gasteiger partial charge in [0.15, 0.2) is 0 Å². The van der Waals surface area contributed by atoms with E-state index in [1.165, 1.54) is 0 Å². The number of fused-ring (bicyclic) bond motifs is 9.